The van der Waals surface area contributed by atoms with Crippen LogP contribution in [-0.2, 0) is 18.2 Å². The van der Waals surface area contributed by atoms with Crippen molar-refractivity contribution < 1.29 is 14.1 Å². The molecule has 3 aromatic heterocycles. The maximum Gasteiger partial charge on any atom is 0.344 e. The minimum absolute atomic E-state index is 0.0154. The molecule has 3 aromatic rings. The number of aryl methyl sites for hydroxylation is 3. The largest absolute Gasteiger partial charge is 0.462 e. The normalized spacial score (nSPS) is 10.8. The molecule has 0 aliphatic rings. The first-order chi connectivity index (χ1) is 13.0. The van der Waals surface area contributed by atoms with Gasteiger partial charge in [-0.25, -0.2) is 9.48 Å². The number of hydrogen-bond donors (Lipinski definition) is 0. The summed E-state index contributed by atoms with van der Waals surface area (Å²) >= 11 is 0. The van der Waals surface area contributed by atoms with E-state index in [0.717, 1.165) is 10.2 Å². The van der Waals surface area contributed by atoms with E-state index in [2.05, 4.69) is 20.2 Å². The zero-order valence-electron chi connectivity index (χ0n) is 15.3. The van der Waals surface area contributed by atoms with E-state index in [4.69, 9.17) is 9.26 Å². The van der Waals surface area contributed by atoms with Crippen LogP contribution in [0.2, 0.25) is 0 Å². The van der Waals surface area contributed by atoms with E-state index in [1.165, 1.54) is 7.05 Å². The maximum absolute atomic E-state index is 12.3. The first-order valence-corrected chi connectivity index (χ1v) is 8.42. The second kappa shape index (κ2) is 7.90. The monoisotopic (exact) mass is 369 g/mol. The third kappa shape index (κ3) is 4.08. The Labute approximate surface area is 155 Å². The Hall–Kier alpha value is -3.36. The lowest BCUT2D eigenvalue weighted by atomic mass is 10.1. The van der Waals surface area contributed by atoms with E-state index in [9.17, 15) is 9.59 Å². The molecule has 0 spiro atoms. The summed E-state index contributed by atoms with van der Waals surface area (Å²) in [6.07, 6.45) is 4.25. The number of nitrogens with zero attached hydrogens (tertiary/aromatic N) is 5. The van der Waals surface area contributed by atoms with Gasteiger partial charge in [-0.1, -0.05) is 5.16 Å². The molecule has 0 amide bonds. The Balaban J connectivity index is 1.56. The summed E-state index contributed by atoms with van der Waals surface area (Å²) in [6, 6.07) is 3.63. The SMILES string of the molecule is Cc1nn(C)c(=O)c(C(=O)OCCCc2nc(-c3cccnc3)no2)c1C. The lowest BCUT2D eigenvalue weighted by Gasteiger charge is -2.09. The molecule has 0 aliphatic heterocycles. The van der Waals surface area contributed by atoms with Gasteiger partial charge in [0.15, 0.2) is 0 Å². The highest BCUT2D eigenvalue weighted by Crippen LogP contribution is 2.14. The van der Waals surface area contributed by atoms with Crippen LogP contribution in [-0.4, -0.2) is 37.5 Å². The van der Waals surface area contributed by atoms with Crippen molar-refractivity contribution in [2.45, 2.75) is 26.7 Å². The number of hydrogen-bond acceptors (Lipinski definition) is 8. The Morgan fingerprint density at radius 2 is 2.15 bits per heavy atom. The number of ether oxygens (including phenoxy) is 1. The topological polar surface area (TPSA) is 113 Å². The van der Waals surface area contributed by atoms with Gasteiger partial charge in [0.25, 0.3) is 5.56 Å². The molecule has 0 fully saturated rings. The minimum Gasteiger partial charge on any atom is -0.462 e. The number of rotatable bonds is 6. The molecule has 140 valence electrons. The summed E-state index contributed by atoms with van der Waals surface area (Å²) in [6.45, 7) is 3.55. The number of esters is 1. The predicted molar refractivity (Wildman–Crippen MR) is 95.1 cm³/mol. The molecule has 0 unspecified atom stereocenters. The standard InChI is InChI=1S/C18H19N5O4/c1-11-12(2)21-23(3)17(24)15(11)18(25)26-9-5-7-14-20-16(22-27-14)13-6-4-8-19-10-13/h4,6,8,10H,5,7,9H2,1-3H3. The number of aromatic nitrogens is 5. The molecular formula is C18H19N5O4. The van der Waals surface area contributed by atoms with Gasteiger partial charge in [-0.05, 0) is 38.0 Å². The van der Waals surface area contributed by atoms with E-state index in [-0.39, 0.29) is 12.2 Å². The summed E-state index contributed by atoms with van der Waals surface area (Å²) in [7, 11) is 1.50. The summed E-state index contributed by atoms with van der Waals surface area (Å²) in [5.41, 5.74) is 1.44. The van der Waals surface area contributed by atoms with Crippen LogP contribution in [0.15, 0.2) is 33.8 Å². The second-order valence-electron chi connectivity index (χ2n) is 6.01. The molecular weight excluding hydrogens is 350 g/mol. The summed E-state index contributed by atoms with van der Waals surface area (Å²) in [5.74, 6) is 0.249. The van der Waals surface area contributed by atoms with Gasteiger partial charge in [-0.2, -0.15) is 10.1 Å². The van der Waals surface area contributed by atoms with E-state index in [0.29, 0.717) is 35.8 Å². The number of carbonyl (C=O) groups excluding carboxylic acids is 1. The van der Waals surface area contributed by atoms with Gasteiger partial charge < -0.3 is 9.26 Å². The molecule has 3 rings (SSSR count). The van der Waals surface area contributed by atoms with Crippen molar-refractivity contribution >= 4 is 5.97 Å². The average molecular weight is 369 g/mol. The van der Waals surface area contributed by atoms with Crippen molar-refractivity contribution in [3.8, 4) is 11.4 Å². The van der Waals surface area contributed by atoms with E-state index in [1.807, 2.05) is 6.07 Å². The van der Waals surface area contributed by atoms with Crippen molar-refractivity contribution in [3.63, 3.8) is 0 Å². The number of carbonyl (C=O) groups is 1. The molecule has 0 saturated heterocycles. The van der Waals surface area contributed by atoms with Crippen molar-refractivity contribution in [1.82, 2.24) is 24.9 Å². The molecule has 3 heterocycles. The highest BCUT2D eigenvalue weighted by Gasteiger charge is 2.19. The van der Waals surface area contributed by atoms with Crippen molar-refractivity contribution in [2.24, 2.45) is 7.05 Å². The van der Waals surface area contributed by atoms with Crippen LogP contribution in [0.3, 0.4) is 0 Å². The summed E-state index contributed by atoms with van der Waals surface area (Å²) in [5, 5.41) is 7.95. The molecule has 9 nitrogen and oxygen atoms in total. The summed E-state index contributed by atoms with van der Waals surface area (Å²) in [4.78, 5) is 32.7. The fourth-order valence-corrected chi connectivity index (χ4v) is 2.52. The summed E-state index contributed by atoms with van der Waals surface area (Å²) < 4.78 is 11.6. The van der Waals surface area contributed by atoms with Gasteiger partial charge in [0.2, 0.25) is 11.7 Å². The smallest absolute Gasteiger partial charge is 0.344 e. The van der Waals surface area contributed by atoms with Crippen LogP contribution in [0.1, 0.15) is 33.9 Å². The van der Waals surface area contributed by atoms with Crippen molar-refractivity contribution in [2.75, 3.05) is 6.61 Å². The zero-order valence-corrected chi connectivity index (χ0v) is 15.3. The molecule has 27 heavy (non-hydrogen) atoms. The van der Waals surface area contributed by atoms with Gasteiger partial charge in [-0.3, -0.25) is 9.78 Å². The van der Waals surface area contributed by atoms with Crippen LogP contribution in [0.4, 0.5) is 0 Å². The van der Waals surface area contributed by atoms with Gasteiger partial charge >= 0.3 is 5.97 Å². The quantitative estimate of drug-likeness (QED) is 0.476. The Morgan fingerprint density at radius 1 is 1.33 bits per heavy atom. The van der Waals surface area contributed by atoms with Crippen LogP contribution >= 0.6 is 0 Å². The van der Waals surface area contributed by atoms with Gasteiger partial charge in [-0.15, -0.1) is 0 Å². The third-order valence-electron chi connectivity index (χ3n) is 4.09. The van der Waals surface area contributed by atoms with Crippen molar-refractivity contribution in [3.05, 3.63) is 57.6 Å². The Morgan fingerprint density at radius 3 is 2.89 bits per heavy atom. The van der Waals surface area contributed by atoms with Crippen LogP contribution in [0.25, 0.3) is 11.4 Å². The fourth-order valence-electron chi connectivity index (χ4n) is 2.52. The molecule has 0 bridgehead atoms. The van der Waals surface area contributed by atoms with E-state index in [1.54, 1.807) is 32.3 Å². The third-order valence-corrected chi connectivity index (χ3v) is 4.09. The first kappa shape index (κ1) is 18.4. The van der Waals surface area contributed by atoms with Crippen LogP contribution in [0.5, 0.6) is 0 Å². The van der Waals surface area contributed by atoms with Crippen LogP contribution < -0.4 is 5.56 Å². The van der Waals surface area contributed by atoms with Gasteiger partial charge in [0.1, 0.15) is 5.56 Å². The zero-order chi connectivity index (χ0) is 19.4. The predicted octanol–water partition coefficient (Wildman–Crippen LogP) is 1.63. The Bertz CT molecular complexity index is 1010. The molecule has 0 radical (unpaired) electrons. The number of pyridine rings is 1. The fraction of sp³-hybridized carbons (Fsp3) is 0.333. The average Bonchev–Trinajstić information content (AvgIpc) is 3.13. The highest BCUT2D eigenvalue weighted by atomic mass is 16.5. The second-order valence-corrected chi connectivity index (χ2v) is 6.01. The lowest BCUT2D eigenvalue weighted by Crippen LogP contribution is -2.30. The van der Waals surface area contributed by atoms with Crippen LogP contribution in [0, 0.1) is 13.8 Å². The molecule has 0 aliphatic carbocycles. The maximum atomic E-state index is 12.3. The molecule has 0 atom stereocenters. The first-order valence-electron chi connectivity index (χ1n) is 8.42. The van der Waals surface area contributed by atoms with E-state index >= 15 is 0 Å². The van der Waals surface area contributed by atoms with E-state index < -0.39 is 11.5 Å². The molecule has 0 N–H and O–H groups in total. The highest BCUT2D eigenvalue weighted by molar-refractivity contribution is 5.90. The van der Waals surface area contributed by atoms with Crippen molar-refractivity contribution in [1.29, 1.82) is 0 Å². The lowest BCUT2D eigenvalue weighted by molar-refractivity contribution is 0.0494. The van der Waals surface area contributed by atoms with Gasteiger partial charge in [0.05, 0.1) is 12.3 Å². The Kier molecular flexibility index (Phi) is 5.39. The molecule has 0 aromatic carbocycles. The minimum atomic E-state index is -0.653. The van der Waals surface area contributed by atoms with Gasteiger partial charge in [0, 0.05) is 31.4 Å². The molecule has 9 heteroatoms. The molecule has 0 saturated carbocycles.